The fourth-order valence-electron chi connectivity index (χ4n) is 2.38. The molecule has 0 spiro atoms. The molecule has 1 aliphatic carbocycles. The molecule has 1 fully saturated rings. The van der Waals surface area contributed by atoms with Gasteiger partial charge in [-0.15, -0.1) is 0 Å². The highest BCUT2D eigenvalue weighted by molar-refractivity contribution is 5.94. The zero-order valence-electron chi connectivity index (χ0n) is 11.9. The molecule has 0 radical (unpaired) electrons. The van der Waals surface area contributed by atoms with Crippen LogP contribution in [0.2, 0.25) is 0 Å². The van der Waals surface area contributed by atoms with Crippen LogP contribution in [0.1, 0.15) is 48.6 Å². The minimum absolute atomic E-state index is 0.297. The lowest BCUT2D eigenvalue weighted by atomic mass is 10.2. The molecule has 0 aliphatic heterocycles. The van der Waals surface area contributed by atoms with Crippen LogP contribution in [0.4, 0.5) is 0 Å². The van der Waals surface area contributed by atoms with Crippen molar-refractivity contribution in [2.24, 2.45) is 11.8 Å². The molecule has 3 N–H and O–H groups in total. The van der Waals surface area contributed by atoms with Crippen molar-refractivity contribution in [3.8, 4) is 0 Å². The topological polar surface area (TPSA) is 71.5 Å². The van der Waals surface area contributed by atoms with Crippen molar-refractivity contribution in [1.29, 1.82) is 0 Å². The van der Waals surface area contributed by atoms with Gasteiger partial charge in [0.05, 0.1) is 12.1 Å². The third-order valence-electron chi connectivity index (χ3n) is 3.37. The summed E-state index contributed by atoms with van der Waals surface area (Å²) in [6.07, 6.45) is 2.53. The smallest absolute Gasteiger partial charge is 0.268 e. The molecule has 0 bridgehead atoms. The Morgan fingerprint density at radius 3 is 2.79 bits per heavy atom. The summed E-state index contributed by atoms with van der Waals surface area (Å²) in [4.78, 5) is 14.0. The van der Waals surface area contributed by atoms with Crippen molar-refractivity contribution in [3.63, 3.8) is 0 Å². The van der Waals surface area contributed by atoms with Crippen molar-refractivity contribution in [3.05, 3.63) is 23.2 Å². The van der Waals surface area contributed by atoms with Gasteiger partial charge in [-0.2, -0.15) is 0 Å². The maximum absolute atomic E-state index is 11.5. The van der Waals surface area contributed by atoms with Crippen molar-refractivity contribution < 1.29 is 9.21 Å². The number of amides is 1. The van der Waals surface area contributed by atoms with Crippen molar-refractivity contribution >= 4 is 5.91 Å². The zero-order valence-corrected chi connectivity index (χ0v) is 11.9. The van der Waals surface area contributed by atoms with Crippen LogP contribution in [-0.2, 0) is 6.54 Å². The van der Waals surface area contributed by atoms with Gasteiger partial charge < -0.3 is 4.42 Å². The van der Waals surface area contributed by atoms with E-state index in [1.807, 2.05) is 0 Å². The second-order valence-electron chi connectivity index (χ2n) is 5.71. The van der Waals surface area contributed by atoms with Gasteiger partial charge in [-0.1, -0.05) is 13.8 Å². The first kappa shape index (κ1) is 14.1. The molecule has 1 aromatic rings. The summed E-state index contributed by atoms with van der Waals surface area (Å²) in [5.74, 6) is 6.95. The third-order valence-corrected chi connectivity index (χ3v) is 3.37. The molecule has 1 aliphatic rings. The SMILES string of the molecule is Cc1oc(CN(CC(C)C)C2CC2)cc1C(=O)NN. The fourth-order valence-corrected chi connectivity index (χ4v) is 2.38. The number of rotatable bonds is 6. The minimum Gasteiger partial charge on any atom is -0.464 e. The predicted molar refractivity (Wildman–Crippen MR) is 73.4 cm³/mol. The average molecular weight is 265 g/mol. The van der Waals surface area contributed by atoms with Crippen molar-refractivity contribution in [2.45, 2.75) is 46.2 Å². The molecule has 19 heavy (non-hydrogen) atoms. The summed E-state index contributed by atoms with van der Waals surface area (Å²) < 4.78 is 5.67. The molecule has 1 saturated carbocycles. The quantitative estimate of drug-likeness (QED) is 0.467. The van der Waals surface area contributed by atoms with Gasteiger partial charge >= 0.3 is 0 Å². The number of furan rings is 1. The highest BCUT2D eigenvalue weighted by Crippen LogP contribution is 2.29. The lowest BCUT2D eigenvalue weighted by molar-refractivity contribution is 0.0952. The first-order valence-corrected chi connectivity index (χ1v) is 6.85. The summed E-state index contributed by atoms with van der Waals surface area (Å²) in [6, 6.07) is 2.48. The highest BCUT2D eigenvalue weighted by Gasteiger charge is 2.30. The van der Waals surface area contributed by atoms with E-state index in [1.165, 1.54) is 12.8 Å². The molecule has 5 heteroatoms. The first-order valence-electron chi connectivity index (χ1n) is 6.85. The number of nitrogens with one attached hydrogen (secondary N) is 1. The second-order valence-corrected chi connectivity index (χ2v) is 5.71. The van der Waals surface area contributed by atoms with E-state index in [4.69, 9.17) is 10.3 Å². The Bertz CT molecular complexity index is 450. The molecule has 2 rings (SSSR count). The molecule has 0 saturated heterocycles. The molecule has 106 valence electrons. The summed E-state index contributed by atoms with van der Waals surface area (Å²) in [5, 5.41) is 0. The largest absolute Gasteiger partial charge is 0.464 e. The van der Waals surface area contributed by atoms with E-state index in [9.17, 15) is 4.79 Å². The normalized spacial score (nSPS) is 15.3. The standard InChI is InChI=1S/C14H23N3O2/c1-9(2)7-17(11-4-5-11)8-12-6-13(10(3)19-12)14(18)16-15/h6,9,11H,4-5,7-8,15H2,1-3H3,(H,16,18). The van der Waals surface area contributed by atoms with Crippen LogP contribution in [0.3, 0.4) is 0 Å². The van der Waals surface area contributed by atoms with Gasteiger partial charge in [0, 0.05) is 12.6 Å². The van der Waals surface area contributed by atoms with E-state index < -0.39 is 0 Å². The Morgan fingerprint density at radius 2 is 2.26 bits per heavy atom. The second kappa shape index (κ2) is 5.75. The van der Waals surface area contributed by atoms with Gasteiger partial charge in [-0.05, 0) is 31.7 Å². The Morgan fingerprint density at radius 1 is 1.58 bits per heavy atom. The molecule has 0 unspecified atom stereocenters. The molecule has 1 aromatic heterocycles. The van der Waals surface area contributed by atoms with Crippen LogP contribution in [0.25, 0.3) is 0 Å². The van der Waals surface area contributed by atoms with Gasteiger partial charge in [0.2, 0.25) is 0 Å². The van der Waals surface area contributed by atoms with Gasteiger partial charge in [-0.3, -0.25) is 15.1 Å². The van der Waals surface area contributed by atoms with E-state index in [0.717, 1.165) is 18.8 Å². The lowest BCUT2D eigenvalue weighted by Crippen LogP contribution is -2.30. The molecule has 1 amide bonds. The van der Waals surface area contributed by atoms with Crippen LogP contribution in [0.5, 0.6) is 0 Å². The Balaban J connectivity index is 2.06. The maximum atomic E-state index is 11.5. The average Bonchev–Trinajstić information content (AvgIpc) is 3.12. The monoisotopic (exact) mass is 265 g/mol. The van der Waals surface area contributed by atoms with Crippen molar-refractivity contribution in [1.82, 2.24) is 10.3 Å². The van der Waals surface area contributed by atoms with Crippen LogP contribution < -0.4 is 11.3 Å². The number of hydrogen-bond acceptors (Lipinski definition) is 4. The predicted octanol–water partition coefficient (Wildman–Crippen LogP) is 1.81. The lowest BCUT2D eigenvalue weighted by Gasteiger charge is -2.22. The van der Waals surface area contributed by atoms with Gasteiger partial charge in [-0.25, -0.2) is 5.84 Å². The maximum Gasteiger partial charge on any atom is 0.268 e. The van der Waals surface area contributed by atoms with E-state index >= 15 is 0 Å². The van der Waals surface area contributed by atoms with Crippen LogP contribution in [-0.4, -0.2) is 23.4 Å². The summed E-state index contributed by atoms with van der Waals surface area (Å²) in [5.41, 5.74) is 2.67. The molecular weight excluding hydrogens is 242 g/mol. The summed E-state index contributed by atoms with van der Waals surface area (Å²) in [7, 11) is 0. The first-order chi connectivity index (χ1) is 9.01. The van der Waals surface area contributed by atoms with E-state index in [-0.39, 0.29) is 5.91 Å². The molecule has 0 aromatic carbocycles. The Labute approximate surface area is 114 Å². The Kier molecular flexibility index (Phi) is 4.27. The highest BCUT2D eigenvalue weighted by atomic mass is 16.3. The number of nitrogen functional groups attached to an aromatic ring is 1. The van der Waals surface area contributed by atoms with Gasteiger partial charge in [0.15, 0.2) is 0 Å². The number of hydrogen-bond donors (Lipinski definition) is 2. The van der Waals surface area contributed by atoms with E-state index in [0.29, 0.717) is 23.3 Å². The summed E-state index contributed by atoms with van der Waals surface area (Å²) >= 11 is 0. The number of aryl methyl sites for hydroxylation is 1. The van der Waals surface area contributed by atoms with Gasteiger partial charge in [0.1, 0.15) is 11.5 Å². The molecule has 1 heterocycles. The summed E-state index contributed by atoms with van der Waals surface area (Å²) in [6.45, 7) is 8.05. The zero-order chi connectivity index (χ0) is 14.0. The van der Waals surface area contributed by atoms with E-state index in [2.05, 4.69) is 24.2 Å². The number of hydrazine groups is 1. The number of nitrogens with two attached hydrogens (primary N) is 1. The molecule has 0 atom stereocenters. The van der Waals surface area contributed by atoms with Gasteiger partial charge in [0.25, 0.3) is 5.91 Å². The van der Waals surface area contributed by atoms with Crippen LogP contribution in [0.15, 0.2) is 10.5 Å². The number of nitrogens with zero attached hydrogens (tertiary/aromatic N) is 1. The van der Waals surface area contributed by atoms with Crippen LogP contribution >= 0.6 is 0 Å². The third kappa shape index (κ3) is 3.58. The van der Waals surface area contributed by atoms with Crippen LogP contribution in [0, 0.1) is 12.8 Å². The molecular formula is C14H23N3O2. The number of carbonyl (C=O) groups is 1. The number of carbonyl (C=O) groups excluding carboxylic acids is 1. The molecule has 5 nitrogen and oxygen atoms in total. The minimum atomic E-state index is -0.297. The fraction of sp³-hybridized carbons (Fsp3) is 0.643. The van der Waals surface area contributed by atoms with Crippen molar-refractivity contribution in [2.75, 3.05) is 6.54 Å². The van der Waals surface area contributed by atoms with E-state index in [1.54, 1.807) is 13.0 Å². The Hall–Kier alpha value is -1.33.